The van der Waals surface area contributed by atoms with E-state index in [9.17, 15) is 4.79 Å². The van der Waals surface area contributed by atoms with Crippen molar-refractivity contribution in [2.45, 2.75) is 32.0 Å². The molecule has 1 aliphatic rings. The van der Waals surface area contributed by atoms with Gasteiger partial charge in [-0.1, -0.05) is 0 Å². The van der Waals surface area contributed by atoms with Crippen LogP contribution in [0.15, 0.2) is 30.6 Å². The fourth-order valence-electron chi connectivity index (χ4n) is 2.38. The maximum Gasteiger partial charge on any atom is 0.260 e. The second kappa shape index (κ2) is 7.19. The summed E-state index contributed by atoms with van der Waals surface area (Å²) in [6.45, 7) is 3.03. The molecule has 0 aliphatic carbocycles. The van der Waals surface area contributed by atoms with Crippen molar-refractivity contribution in [3.8, 4) is 11.4 Å². The fourth-order valence-corrected chi connectivity index (χ4v) is 2.38. The van der Waals surface area contributed by atoms with Crippen molar-refractivity contribution in [1.82, 2.24) is 25.5 Å². The minimum absolute atomic E-state index is 0.127. The van der Waals surface area contributed by atoms with E-state index in [0.717, 1.165) is 25.1 Å². The van der Waals surface area contributed by atoms with Gasteiger partial charge < -0.3 is 14.8 Å². The number of ether oxygens (including phenoxy) is 2. The lowest BCUT2D eigenvalue weighted by Crippen LogP contribution is -2.40. The highest BCUT2D eigenvalue weighted by atomic mass is 16.5. The molecule has 8 nitrogen and oxygen atoms in total. The molecular weight excluding hydrogens is 298 g/mol. The van der Waals surface area contributed by atoms with E-state index in [1.165, 1.54) is 6.33 Å². The van der Waals surface area contributed by atoms with Gasteiger partial charge in [-0.05, 0) is 54.5 Å². The van der Waals surface area contributed by atoms with E-state index >= 15 is 0 Å². The van der Waals surface area contributed by atoms with E-state index in [4.69, 9.17) is 9.47 Å². The molecule has 2 atom stereocenters. The molecule has 2 aromatic rings. The van der Waals surface area contributed by atoms with Crippen molar-refractivity contribution in [2.75, 3.05) is 13.2 Å². The van der Waals surface area contributed by atoms with Gasteiger partial charge in [-0.2, -0.15) is 0 Å². The Balaban J connectivity index is 1.50. The SMILES string of the molecule is CC(Oc1ccc(-n2cnnn2)cc1)C(=O)NCC1CCCO1. The third-order valence-corrected chi connectivity index (χ3v) is 3.66. The van der Waals surface area contributed by atoms with Crippen molar-refractivity contribution in [3.05, 3.63) is 30.6 Å². The number of tetrazole rings is 1. The normalized spacial score (nSPS) is 18.6. The highest BCUT2D eigenvalue weighted by molar-refractivity contribution is 5.80. The van der Waals surface area contributed by atoms with Crippen LogP contribution in [0.5, 0.6) is 5.75 Å². The van der Waals surface area contributed by atoms with Crippen LogP contribution in [0.1, 0.15) is 19.8 Å². The predicted molar refractivity (Wildman–Crippen MR) is 81.2 cm³/mol. The Kier molecular flexibility index (Phi) is 4.82. The van der Waals surface area contributed by atoms with Gasteiger partial charge >= 0.3 is 0 Å². The number of benzene rings is 1. The van der Waals surface area contributed by atoms with Crippen LogP contribution in [-0.2, 0) is 9.53 Å². The summed E-state index contributed by atoms with van der Waals surface area (Å²) in [5.41, 5.74) is 0.817. The van der Waals surface area contributed by atoms with E-state index < -0.39 is 6.10 Å². The van der Waals surface area contributed by atoms with Gasteiger partial charge in [-0.3, -0.25) is 4.79 Å². The van der Waals surface area contributed by atoms with Crippen molar-refractivity contribution in [3.63, 3.8) is 0 Å². The summed E-state index contributed by atoms with van der Waals surface area (Å²) in [5.74, 6) is 0.464. The van der Waals surface area contributed by atoms with E-state index in [1.807, 2.05) is 12.1 Å². The lowest BCUT2D eigenvalue weighted by atomic mass is 10.2. The number of aromatic nitrogens is 4. The van der Waals surface area contributed by atoms with Gasteiger partial charge in [0.2, 0.25) is 0 Å². The number of carbonyl (C=O) groups is 1. The fraction of sp³-hybridized carbons (Fsp3) is 0.467. The molecule has 0 bridgehead atoms. The Bertz CT molecular complexity index is 623. The van der Waals surface area contributed by atoms with E-state index in [1.54, 1.807) is 23.7 Å². The summed E-state index contributed by atoms with van der Waals surface area (Å²) in [6, 6.07) is 7.20. The molecule has 1 fully saturated rings. The molecule has 0 spiro atoms. The second-order valence-corrected chi connectivity index (χ2v) is 5.39. The number of hydrogen-bond acceptors (Lipinski definition) is 6. The van der Waals surface area contributed by atoms with Crippen LogP contribution in [-0.4, -0.2) is 51.5 Å². The van der Waals surface area contributed by atoms with Gasteiger partial charge in [0.1, 0.15) is 12.1 Å². The Labute approximate surface area is 133 Å². The van der Waals surface area contributed by atoms with Crippen LogP contribution >= 0.6 is 0 Å². The zero-order valence-electron chi connectivity index (χ0n) is 12.9. The first-order valence-corrected chi connectivity index (χ1v) is 7.62. The summed E-state index contributed by atoms with van der Waals surface area (Å²) in [4.78, 5) is 12.0. The zero-order valence-corrected chi connectivity index (χ0v) is 12.9. The highest BCUT2D eigenvalue weighted by Gasteiger charge is 2.19. The molecule has 1 aromatic carbocycles. The molecule has 1 saturated heterocycles. The number of carbonyl (C=O) groups excluding carboxylic acids is 1. The van der Waals surface area contributed by atoms with E-state index in [2.05, 4.69) is 20.8 Å². The average molecular weight is 317 g/mol. The Morgan fingerprint density at radius 1 is 1.48 bits per heavy atom. The summed E-state index contributed by atoms with van der Waals surface area (Å²) >= 11 is 0. The Hall–Kier alpha value is -2.48. The quantitative estimate of drug-likeness (QED) is 0.844. The molecule has 3 rings (SSSR count). The van der Waals surface area contributed by atoms with Crippen LogP contribution < -0.4 is 10.1 Å². The zero-order chi connectivity index (χ0) is 16.1. The van der Waals surface area contributed by atoms with Gasteiger partial charge in [0, 0.05) is 13.2 Å². The van der Waals surface area contributed by atoms with Crippen LogP contribution in [0.4, 0.5) is 0 Å². The minimum atomic E-state index is -0.574. The van der Waals surface area contributed by atoms with Gasteiger partial charge in [-0.15, -0.1) is 5.10 Å². The molecule has 23 heavy (non-hydrogen) atoms. The maximum absolute atomic E-state index is 12.0. The molecule has 122 valence electrons. The summed E-state index contributed by atoms with van der Waals surface area (Å²) < 4.78 is 12.7. The average Bonchev–Trinajstić information content (AvgIpc) is 3.26. The number of hydrogen-bond donors (Lipinski definition) is 1. The van der Waals surface area contributed by atoms with Crippen LogP contribution in [0.2, 0.25) is 0 Å². The van der Waals surface area contributed by atoms with E-state index in [0.29, 0.717) is 12.3 Å². The van der Waals surface area contributed by atoms with Gasteiger partial charge in [0.25, 0.3) is 5.91 Å². The monoisotopic (exact) mass is 317 g/mol. The van der Waals surface area contributed by atoms with Gasteiger partial charge in [0.05, 0.1) is 11.8 Å². The Morgan fingerprint density at radius 3 is 2.96 bits per heavy atom. The molecular formula is C15H19N5O3. The number of rotatable bonds is 6. The smallest absolute Gasteiger partial charge is 0.260 e. The minimum Gasteiger partial charge on any atom is -0.481 e. The molecule has 2 unspecified atom stereocenters. The first-order chi connectivity index (χ1) is 11.2. The standard InChI is InChI=1S/C15H19N5O3/c1-11(15(21)16-9-14-3-2-8-22-14)23-13-6-4-12(5-7-13)20-10-17-18-19-20/h4-7,10-11,14H,2-3,8-9H2,1H3,(H,16,21). The number of amides is 1. The van der Waals surface area contributed by atoms with Crippen molar-refractivity contribution in [2.24, 2.45) is 0 Å². The van der Waals surface area contributed by atoms with E-state index in [-0.39, 0.29) is 12.0 Å². The molecule has 0 radical (unpaired) electrons. The van der Waals surface area contributed by atoms with Crippen LogP contribution in [0, 0.1) is 0 Å². The largest absolute Gasteiger partial charge is 0.481 e. The number of nitrogens with one attached hydrogen (secondary N) is 1. The van der Waals surface area contributed by atoms with Crippen LogP contribution in [0.3, 0.4) is 0 Å². The number of nitrogens with zero attached hydrogens (tertiary/aromatic N) is 4. The summed E-state index contributed by atoms with van der Waals surface area (Å²) in [6.07, 6.45) is 3.11. The lowest BCUT2D eigenvalue weighted by Gasteiger charge is -2.16. The summed E-state index contributed by atoms with van der Waals surface area (Å²) in [5, 5.41) is 13.8. The van der Waals surface area contributed by atoms with Crippen molar-refractivity contribution in [1.29, 1.82) is 0 Å². The predicted octanol–water partition coefficient (Wildman–Crippen LogP) is 0.725. The molecule has 1 aromatic heterocycles. The van der Waals surface area contributed by atoms with Gasteiger partial charge in [0.15, 0.2) is 6.10 Å². The maximum atomic E-state index is 12.0. The second-order valence-electron chi connectivity index (χ2n) is 5.39. The first-order valence-electron chi connectivity index (χ1n) is 7.62. The van der Waals surface area contributed by atoms with Crippen molar-refractivity contribution < 1.29 is 14.3 Å². The highest BCUT2D eigenvalue weighted by Crippen LogP contribution is 2.16. The topological polar surface area (TPSA) is 91.2 Å². The molecule has 0 saturated carbocycles. The molecule has 8 heteroatoms. The Morgan fingerprint density at radius 2 is 2.30 bits per heavy atom. The van der Waals surface area contributed by atoms with Gasteiger partial charge in [-0.25, -0.2) is 4.68 Å². The first kappa shape index (κ1) is 15.4. The van der Waals surface area contributed by atoms with Crippen molar-refractivity contribution >= 4 is 5.91 Å². The lowest BCUT2D eigenvalue weighted by molar-refractivity contribution is -0.127. The third kappa shape index (κ3) is 4.04. The summed E-state index contributed by atoms with van der Waals surface area (Å²) in [7, 11) is 0. The molecule has 1 aliphatic heterocycles. The third-order valence-electron chi connectivity index (χ3n) is 3.66. The molecule has 2 heterocycles. The van der Waals surface area contributed by atoms with Crippen LogP contribution in [0.25, 0.3) is 5.69 Å². The molecule has 1 N–H and O–H groups in total. The molecule has 1 amide bonds.